The molecule has 0 bridgehead atoms. The lowest BCUT2D eigenvalue weighted by Gasteiger charge is -2.31. The molecule has 5 rings (SSSR count). The Bertz CT molecular complexity index is 1750. The zero-order chi connectivity index (χ0) is 34.8. The Balaban J connectivity index is 1.54. The SMILES string of the molecule is CN1C(=O)[C@H](CCCCN)CC(=O)[C@H](CCCN)NCc2ccccc2Sc2ccccc2CNC(=O)[C@@H]1Cc1c[nH]c2cc(Cl)ccc12. The molecule has 7 N–H and O–H groups in total. The van der Waals surface area contributed by atoms with E-state index in [4.69, 9.17) is 23.1 Å². The first-order valence-corrected chi connectivity index (χ1v) is 18.3. The van der Waals surface area contributed by atoms with Crippen molar-refractivity contribution < 1.29 is 14.4 Å². The number of H-pyrrole nitrogens is 1. The summed E-state index contributed by atoms with van der Waals surface area (Å²) in [6, 6.07) is 20.5. The molecule has 0 unspecified atom stereocenters. The summed E-state index contributed by atoms with van der Waals surface area (Å²) in [4.78, 5) is 49.5. The maximum Gasteiger partial charge on any atom is 0.243 e. The fraction of sp³-hybridized carbons (Fsp3) is 0.395. The Kier molecular flexibility index (Phi) is 13.3. The number of aromatic amines is 1. The van der Waals surface area contributed by atoms with E-state index in [9.17, 15) is 14.4 Å². The number of carbonyl (C=O) groups excluding carboxylic acids is 3. The van der Waals surface area contributed by atoms with E-state index in [1.165, 1.54) is 0 Å². The third kappa shape index (κ3) is 9.52. The highest BCUT2D eigenvalue weighted by atomic mass is 35.5. The third-order valence-corrected chi connectivity index (χ3v) is 10.8. The van der Waals surface area contributed by atoms with Crippen LogP contribution in [0.2, 0.25) is 5.02 Å². The molecular weight excluding hydrogens is 656 g/mol. The van der Waals surface area contributed by atoms with Gasteiger partial charge in [0.1, 0.15) is 6.04 Å². The van der Waals surface area contributed by atoms with Crippen LogP contribution in [0.3, 0.4) is 0 Å². The van der Waals surface area contributed by atoms with E-state index in [1.54, 1.807) is 23.7 Å². The molecule has 3 aromatic carbocycles. The van der Waals surface area contributed by atoms with Gasteiger partial charge in [0.05, 0.1) is 6.04 Å². The molecule has 0 aliphatic carbocycles. The lowest BCUT2D eigenvalue weighted by molar-refractivity contribution is -0.143. The molecule has 0 saturated heterocycles. The lowest BCUT2D eigenvalue weighted by Crippen LogP contribution is -2.51. The molecule has 0 spiro atoms. The highest BCUT2D eigenvalue weighted by molar-refractivity contribution is 7.99. The van der Waals surface area contributed by atoms with E-state index in [0.717, 1.165) is 43.8 Å². The number of likely N-dealkylation sites (N-methyl/N-ethyl adjacent to an activating group) is 1. The molecule has 3 atom stereocenters. The zero-order valence-corrected chi connectivity index (χ0v) is 29.6. The number of Topliss-reactive ketones (excluding diaryl/α,β-unsaturated/α-hetero) is 1. The van der Waals surface area contributed by atoms with E-state index in [-0.39, 0.29) is 30.4 Å². The second kappa shape index (κ2) is 17.8. The number of hydrogen-bond donors (Lipinski definition) is 5. The second-order valence-electron chi connectivity index (χ2n) is 12.7. The maximum absolute atomic E-state index is 14.4. The van der Waals surface area contributed by atoms with Gasteiger partial charge in [0.15, 0.2) is 5.78 Å². The van der Waals surface area contributed by atoms with Crippen molar-refractivity contribution in [2.45, 2.75) is 79.9 Å². The quantitative estimate of drug-likeness (QED) is 0.143. The summed E-state index contributed by atoms with van der Waals surface area (Å²) in [5.41, 5.74) is 15.5. The van der Waals surface area contributed by atoms with Gasteiger partial charge in [0, 0.05) is 70.8 Å². The molecule has 4 aromatic rings. The van der Waals surface area contributed by atoms with E-state index in [2.05, 4.69) is 27.8 Å². The molecule has 11 heteroatoms. The summed E-state index contributed by atoms with van der Waals surface area (Å²) in [5.74, 6) is -1.11. The van der Waals surface area contributed by atoms with Gasteiger partial charge < -0.3 is 32.0 Å². The Morgan fingerprint density at radius 1 is 0.878 bits per heavy atom. The van der Waals surface area contributed by atoms with Gasteiger partial charge in [-0.15, -0.1) is 0 Å². The van der Waals surface area contributed by atoms with Crippen molar-refractivity contribution in [1.82, 2.24) is 20.5 Å². The van der Waals surface area contributed by atoms with Crippen molar-refractivity contribution in [1.29, 1.82) is 0 Å². The number of nitrogens with two attached hydrogens (primary N) is 2. The Labute approximate surface area is 297 Å². The average Bonchev–Trinajstić information content (AvgIpc) is 3.50. The first-order chi connectivity index (χ1) is 23.8. The third-order valence-electron chi connectivity index (χ3n) is 9.31. The summed E-state index contributed by atoms with van der Waals surface area (Å²) in [6.45, 7) is 1.75. The van der Waals surface area contributed by atoms with Gasteiger partial charge in [-0.2, -0.15) is 0 Å². The van der Waals surface area contributed by atoms with E-state index < -0.39 is 18.0 Å². The Morgan fingerprint density at radius 3 is 2.29 bits per heavy atom. The predicted molar refractivity (Wildman–Crippen MR) is 197 cm³/mol. The molecule has 1 aliphatic rings. The molecule has 49 heavy (non-hydrogen) atoms. The first kappa shape index (κ1) is 36.6. The fourth-order valence-corrected chi connectivity index (χ4v) is 7.71. The van der Waals surface area contributed by atoms with Crippen molar-refractivity contribution >= 4 is 51.9 Å². The van der Waals surface area contributed by atoms with Crippen LogP contribution in [-0.4, -0.2) is 59.7 Å². The molecule has 1 aliphatic heterocycles. The van der Waals surface area contributed by atoms with Crippen LogP contribution in [0.1, 0.15) is 55.2 Å². The average molecular weight is 703 g/mol. The topological polar surface area (TPSA) is 146 Å². The number of nitrogens with zero attached hydrogens (tertiary/aromatic N) is 1. The van der Waals surface area contributed by atoms with Gasteiger partial charge in [0.2, 0.25) is 11.8 Å². The van der Waals surface area contributed by atoms with Gasteiger partial charge >= 0.3 is 0 Å². The summed E-state index contributed by atoms with van der Waals surface area (Å²) in [5, 5.41) is 8.21. The molecule has 2 heterocycles. The number of hydrogen-bond acceptors (Lipinski definition) is 7. The molecule has 2 amide bonds. The normalized spacial score (nSPS) is 19.7. The molecule has 260 valence electrons. The smallest absolute Gasteiger partial charge is 0.243 e. The summed E-state index contributed by atoms with van der Waals surface area (Å²) >= 11 is 7.88. The number of rotatable bonds is 9. The largest absolute Gasteiger partial charge is 0.361 e. The van der Waals surface area contributed by atoms with Crippen molar-refractivity contribution in [3.8, 4) is 0 Å². The van der Waals surface area contributed by atoms with Crippen molar-refractivity contribution in [2.24, 2.45) is 17.4 Å². The number of fused-ring (bicyclic) bond motifs is 3. The van der Waals surface area contributed by atoms with Gasteiger partial charge in [-0.1, -0.05) is 72.2 Å². The van der Waals surface area contributed by atoms with Gasteiger partial charge in [-0.05, 0) is 79.7 Å². The number of amides is 2. The molecular formula is C38H47ClN6O3S. The van der Waals surface area contributed by atoms with Gasteiger partial charge in [0.25, 0.3) is 0 Å². The minimum atomic E-state index is -0.823. The number of unbranched alkanes of at least 4 members (excludes halogenated alkanes) is 1. The first-order valence-electron chi connectivity index (χ1n) is 17.1. The van der Waals surface area contributed by atoms with Crippen LogP contribution in [0, 0.1) is 5.92 Å². The van der Waals surface area contributed by atoms with Crippen molar-refractivity contribution in [2.75, 3.05) is 20.1 Å². The maximum atomic E-state index is 14.4. The predicted octanol–water partition coefficient (Wildman–Crippen LogP) is 5.57. The van der Waals surface area contributed by atoms with E-state index >= 15 is 0 Å². The van der Waals surface area contributed by atoms with Crippen LogP contribution >= 0.6 is 23.4 Å². The Morgan fingerprint density at radius 2 is 1.57 bits per heavy atom. The van der Waals surface area contributed by atoms with Crippen LogP contribution in [-0.2, 0) is 33.9 Å². The van der Waals surface area contributed by atoms with Crippen LogP contribution in [0.15, 0.2) is 82.7 Å². The minimum Gasteiger partial charge on any atom is -0.361 e. The number of carbonyl (C=O) groups is 3. The van der Waals surface area contributed by atoms with Gasteiger partial charge in [-0.25, -0.2) is 0 Å². The van der Waals surface area contributed by atoms with Crippen LogP contribution in [0.5, 0.6) is 0 Å². The van der Waals surface area contributed by atoms with Crippen LogP contribution < -0.4 is 22.1 Å². The standard InChI is InChI=1S/C38H47ClN6O3S/c1-45-33(19-28-24-43-32-21-29(39)15-16-30(28)32)37(47)44-23-27-11-3-5-14-36(27)49-35-13-4-2-10-26(35)22-42-31(12-8-18-41)34(46)20-25(38(45)48)9-6-7-17-40/h2-5,10-11,13-16,21,24-25,31,33,42-43H,6-9,12,17-20,22-23,40-41H2,1H3,(H,44,47)/t25-,31+,33+/m1/s1. The van der Waals surface area contributed by atoms with E-state index in [1.807, 2.05) is 60.8 Å². The van der Waals surface area contributed by atoms with Crippen molar-refractivity contribution in [3.05, 3.63) is 94.6 Å². The summed E-state index contributed by atoms with van der Waals surface area (Å²) in [6.07, 6.45) is 5.42. The monoisotopic (exact) mass is 702 g/mol. The lowest BCUT2D eigenvalue weighted by atomic mass is 9.90. The number of aromatic nitrogens is 1. The van der Waals surface area contributed by atoms with Crippen molar-refractivity contribution in [3.63, 3.8) is 0 Å². The highest BCUT2D eigenvalue weighted by Gasteiger charge is 2.34. The Hall–Kier alpha value is -3.67. The van der Waals surface area contributed by atoms with Gasteiger partial charge in [-0.3, -0.25) is 14.4 Å². The fourth-order valence-electron chi connectivity index (χ4n) is 6.47. The molecule has 0 fully saturated rings. The number of halogens is 1. The summed E-state index contributed by atoms with van der Waals surface area (Å²) < 4.78 is 0. The second-order valence-corrected chi connectivity index (χ2v) is 14.2. The van der Waals surface area contributed by atoms with E-state index in [0.29, 0.717) is 56.9 Å². The zero-order valence-electron chi connectivity index (χ0n) is 28.1. The molecule has 0 radical (unpaired) electrons. The molecule has 1 aromatic heterocycles. The van der Waals surface area contributed by atoms with Crippen LogP contribution in [0.4, 0.5) is 0 Å². The molecule has 0 saturated carbocycles. The number of benzene rings is 3. The highest BCUT2D eigenvalue weighted by Crippen LogP contribution is 2.33. The number of nitrogens with one attached hydrogen (secondary N) is 3. The van der Waals surface area contributed by atoms with Crippen LogP contribution in [0.25, 0.3) is 10.9 Å². The summed E-state index contributed by atoms with van der Waals surface area (Å²) in [7, 11) is 1.68. The molecule has 9 nitrogen and oxygen atoms in total. The minimum absolute atomic E-state index is 0.0257. The number of ketones is 1.